The lowest BCUT2D eigenvalue weighted by molar-refractivity contribution is 0.421. The molecule has 5 heteroatoms. The molecule has 0 saturated carbocycles. The minimum Gasteiger partial charge on any atom is -0.346 e. The minimum absolute atomic E-state index is 0.0246. The van der Waals surface area contributed by atoms with Crippen molar-refractivity contribution in [2.75, 3.05) is 18.0 Å². The van der Waals surface area contributed by atoms with Crippen molar-refractivity contribution in [1.82, 2.24) is 14.9 Å². The Kier molecular flexibility index (Phi) is 2.96. The van der Waals surface area contributed by atoms with Crippen LogP contribution in [0.5, 0.6) is 0 Å². The molecule has 2 atom stereocenters. The molecule has 0 aliphatic carbocycles. The predicted molar refractivity (Wildman–Crippen MR) is 63.8 cm³/mol. The van der Waals surface area contributed by atoms with Crippen LogP contribution in [0.25, 0.3) is 0 Å². The third-order valence-corrected chi connectivity index (χ3v) is 3.04. The van der Waals surface area contributed by atoms with Crippen LogP contribution in [0.1, 0.15) is 13.8 Å². The summed E-state index contributed by atoms with van der Waals surface area (Å²) in [5.74, 6) is 0.561. The molecule has 1 aromatic heterocycles. The maximum absolute atomic E-state index is 12.0. The molecule has 1 aromatic rings. The molecule has 16 heavy (non-hydrogen) atoms. The predicted octanol–water partition coefficient (Wildman–Crippen LogP) is -0.0331. The number of hydrogen-bond donors (Lipinski definition) is 1. The van der Waals surface area contributed by atoms with Gasteiger partial charge in [0.05, 0.1) is 0 Å². The van der Waals surface area contributed by atoms with Gasteiger partial charge >= 0.3 is 0 Å². The molecule has 2 heterocycles. The van der Waals surface area contributed by atoms with Crippen LogP contribution in [0.2, 0.25) is 0 Å². The summed E-state index contributed by atoms with van der Waals surface area (Å²) in [5.41, 5.74) is -0.0246. The number of nitrogens with one attached hydrogen (secondary N) is 1. The van der Waals surface area contributed by atoms with E-state index < -0.39 is 0 Å². The number of hydrogen-bond acceptors (Lipinski definition) is 4. The molecule has 1 N–H and O–H groups in total. The maximum atomic E-state index is 12.0. The number of rotatable bonds is 1. The average molecular weight is 222 g/mol. The lowest BCUT2D eigenvalue weighted by atomic mass is 10.1. The van der Waals surface area contributed by atoms with E-state index in [0.29, 0.717) is 17.9 Å². The molecule has 2 unspecified atom stereocenters. The van der Waals surface area contributed by atoms with E-state index in [4.69, 9.17) is 0 Å². The molecular weight excluding hydrogens is 204 g/mol. The van der Waals surface area contributed by atoms with Crippen molar-refractivity contribution in [2.24, 2.45) is 7.05 Å². The van der Waals surface area contributed by atoms with Gasteiger partial charge in [-0.15, -0.1) is 0 Å². The second-order valence-electron chi connectivity index (χ2n) is 4.48. The van der Waals surface area contributed by atoms with E-state index in [1.165, 1.54) is 0 Å². The summed E-state index contributed by atoms with van der Waals surface area (Å²) < 4.78 is 1.57. The normalized spacial score (nSPS) is 25.8. The maximum Gasteiger partial charge on any atom is 0.293 e. The molecule has 0 radical (unpaired) electrons. The molecule has 0 amide bonds. The zero-order chi connectivity index (χ0) is 11.7. The Labute approximate surface area is 95.1 Å². The van der Waals surface area contributed by atoms with Crippen molar-refractivity contribution >= 4 is 5.82 Å². The van der Waals surface area contributed by atoms with Gasteiger partial charge < -0.3 is 14.8 Å². The second-order valence-corrected chi connectivity index (χ2v) is 4.48. The van der Waals surface area contributed by atoms with E-state index in [2.05, 4.69) is 29.0 Å². The highest BCUT2D eigenvalue weighted by molar-refractivity contribution is 5.38. The first-order chi connectivity index (χ1) is 7.59. The summed E-state index contributed by atoms with van der Waals surface area (Å²) in [4.78, 5) is 18.3. The van der Waals surface area contributed by atoms with Crippen LogP contribution >= 0.6 is 0 Å². The average Bonchev–Trinajstić information content (AvgIpc) is 2.26. The second kappa shape index (κ2) is 4.25. The Bertz CT molecular complexity index is 428. The number of anilines is 1. The summed E-state index contributed by atoms with van der Waals surface area (Å²) in [7, 11) is 1.75. The topological polar surface area (TPSA) is 50.2 Å². The van der Waals surface area contributed by atoms with E-state index in [-0.39, 0.29) is 5.56 Å². The van der Waals surface area contributed by atoms with Crippen LogP contribution in [0, 0.1) is 0 Å². The highest BCUT2D eigenvalue weighted by Crippen LogP contribution is 2.12. The van der Waals surface area contributed by atoms with Crippen LogP contribution in [0.4, 0.5) is 5.82 Å². The molecule has 1 aliphatic heterocycles. The van der Waals surface area contributed by atoms with Crippen LogP contribution in [0.15, 0.2) is 17.2 Å². The SMILES string of the molecule is CC1CN(c2nccn(C)c2=O)C(C)CN1. The summed E-state index contributed by atoms with van der Waals surface area (Å²) >= 11 is 0. The highest BCUT2D eigenvalue weighted by atomic mass is 16.1. The van der Waals surface area contributed by atoms with Gasteiger partial charge in [-0.2, -0.15) is 0 Å². The highest BCUT2D eigenvalue weighted by Gasteiger charge is 2.25. The van der Waals surface area contributed by atoms with Gasteiger partial charge in [-0.3, -0.25) is 4.79 Å². The Hall–Kier alpha value is -1.36. The van der Waals surface area contributed by atoms with Crippen molar-refractivity contribution in [1.29, 1.82) is 0 Å². The van der Waals surface area contributed by atoms with Gasteiger partial charge in [-0.25, -0.2) is 4.98 Å². The molecule has 88 valence electrons. The molecule has 0 bridgehead atoms. The number of aromatic nitrogens is 2. The Balaban J connectivity index is 2.35. The van der Waals surface area contributed by atoms with Crippen molar-refractivity contribution in [3.05, 3.63) is 22.7 Å². The molecular formula is C11H18N4O. The first-order valence-corrected chi connectivity index (χ1v) is 5.61. The van der Waals surface area contributed by atoms with E-state index in [9.17, 15) is 4.79 Å². The lowest BCUT2D eigenvalue weighted by Gasteiger charge is -2.37. The fraction of sp³-hybridized carbons (Fsp3) is 0.636. The van der Waals surface area contributed by atoms with Crippen molar-refractivity contribution in [3.63, 3.8) is 0 Å². The van der Waals surface area contributed by atoms with E-state index in [1.54, 1.807) is 24.0 Å². The quantitative estimate of drug-likeness (QED) is 0.725. The first kappa shape index (κ1) is 11.1. The summed E-state index contributed by atoms with van der Waals surface area (Å²) in [6, 6.07) is 0.696. The largest absolute Gasteiger partial charge is 0.346 e. The van der Waals surface area contributed by atoms with E-state index >= 15 is 0 Å². The fourth-order valence-corrected chi connectivity index (χ4v) is 2.00. The summed E-state index contributed by atoms with van der Waals surface area (Å²) in [5, 5.41) is 3.39. The van der Waals surface area contributed by atoms with Gasteiger partial charge in [0, 0.05) is 44.6 Å². The van der Waals surface area contributed by atoms with Gasteiger partial charge in [0.2, 0.25) is 0 Å². The van der Waals surface area contributed by atoms with Gasteiger partial charge in [-0.1, -0.05) is 0 Å². The number of piperazine rings is 1. The number of aryl methyl sites for hydroxylation is 1. The molecule has 1 saturated heterocycles. The van der Waals surface area contributed by atoms with Crippen molar-refractivity contribution in [3.8, 4) is 0 Å². The Morgan fingerprint density at radius 2 is 2.25 bits per heavy atom. The fourth-order valence-electron chi connectivity index (χ4n) is 2.00. The first-order valence-electron chi connectivity index (χ1n) is 5.61. The van der Waals surface area contributed by atoms with Crippen LogP contribution in [0.3, 0.4) is 0 Å². The smallest absolute Gasteiger partial charge is 0.293 e. The van der Waals surface area contributed by atoms with Gasteiger partial charge in [0.1, 0.15) is 0 Å². The van der Waals surface area contributed by atoms with E-state index in [1.807, 2.05) is 0 Å². The molecule has 0 spiro atoms. The molecule has 2 rings (SSSR count). The van der Waals surface area contributed by atoms with E-state index in [0.717, 1.165) is 13.1 Å². The summed E-state index contributed by atoms with van der Waals surface area (Å²) in [6.45, 7) is 5.94. The van der Waals surface area contributed by atoms with Crippen LogP contribution < -0.4 is 15.8 Å². The third-order valence-electron chi connectivity index (χ3n) is 3.04. The molecule has 5 nitrogen and oxygen atoms in total. The zero-order valence-electron chi connectivity index (χ0n) is 9.97. The lowest BCUT2D eigenvalue weighted by Crippen LogP contribution is -2.56. The van der Waals surface area contributed by atoms with Gasteiger partial charge in [0.15, 0.2) is 5.82 Å². The summed E-state index contributed by atoms with van der Waals surface area (Å²) in [6.07, 6.45) is 3.36. The zero-order valence-corrected chi connectivity index (χ0v) is 9.97. The van der Waals surface area contributed by atoms with Crippen molar-refractivity contribution < 1.29 is 0 Å². The van der Waals surface area contributed by atoms with Crippen molar-refractivity contribution in [2.45, 2.75) is 25.9 Å². The number of nitrogens with zero attached hydrogens (tertiary/aromatic N) is 3. The Morgan fingerprint density at radius 1 is 1.50 bits per heavy atom. The molecule has 1 fully saturated rings. The third kappa shape index (κ3) is 1.95. The standard InChI is InChI=1S/C11H18N4O/c1-8-7-15(9(2)6-13-8)10-11(16)14(3)5-4-12-10/h4-5,8-9,13H,6-7H2,1-3H3. The minimum atomic E-state index is -0.0246. The molecule has 0 aromatic carbocycles. The molecule has 1 aliphatic rings. The van der Waals surface area contributed by atoms with Crippen LogP contribution in [-0.4, -0.2) is 34.7 Å². The van der Waals surface area contributed by atoms with Crippen LogP contribution in [-0.2, 0) is 7.05 Å². The van der Waals surface area contributed by atoms with Gasteiger partial charge in [0.25, 0.3) is 5.56 Å². The van der Waals surface area contributed by atoms with Gasteiger partial charge in [-0.05, 0) is 13.8 Å². The monoisotopic (exact) mass is 222 g/mol. The Morgan fingerprint density at radius 3 is 3.00 bits per heavy atom.